The summed E-state index contributed by atoms with van der Waals surface area (Å²) >= 11 is 6.35. The highest BCUT2D eigenvalue weighted by molar-refractivity contribution is 7.71. The minimum absolute atomic E-state index is 0.00738. The number of carboxylic acids is 1. The third-order valence-corrected chi connectivity index (χ3v) is 3.14. The highest BCUT2D eigenvalue weighted by atomic mass is 32.1. The van der Waals surface area contributed by atoms with E-state index >= 15 is 0 Å². The Morgan fingerprint density at radius 1 is 1.62 bits per heavy atom. The van der Waals surface area contributed by atoms with Gasteiger partial charge in [-0.1, -0.05) is 12.2 Å². The first-order chi connectivity index (χ1) is 7.58. The number of aromatic amines is 1. The Kier molecular flexibility index (Phi) is 2.80. The minimum atomic E-state index is -1.09. The Balaban J connectivity index is 2.50. The van der Waals surface area contributed by atoms with Crippen molar-refractivity contribution in [2.24, 2.45) is 0 Å². The Hall–Kier alpha value is -1.60. The summed E-state index contributed by atoms with van der Waals surface area (Å²) < 4.78 is 0.158. The number of nitrogens with one attached hydrogen (secondary N) is 1. The molecule has 0 aliphatic carbocycles. The van der Waals surface area contributed by atoms with E-state index in [0.29, 0.717) is 10.8 Å². The van der Waals surface area contributed by atoms with Crippen LogP contribution in [0.15, 0.2) is 11.6 Å². The van der Waals surface area contributed by atoms with Gasteiger partial charge in [0.05, 0.1) is 0 Å². The highest BCUT2D eigenvalue weighted by Crippen LogP contribution is 2.19. The van der Waals surface area contributed by atoms with Crippen LogP contribution in [-0.2, 0) is 0 Å². The van der Waals surface area contributed by atoms with Gasteiger partial charge in [-0.3, -0.25) is 0 Å². The maximum Gasteiger partial charge on any atom is 0.340 e. The quantitative estimate of drug-likeness (QED) is 0.803. The molecule has 2 N–H and O–H groups in total. The Morgan fingerprint density at radius 3 is 2.88 bits per heavy atom. The topological polar surface area (TPSA) is 78.9 Å². The number of carboxylic acid groups (broad SMARTS) is 1. The van der Waals surface area contributed by atoms with Gasteiger partial charge in [-0.05, 0) is 6.92 Å². The van der Waals surface area contributed by atoms with Crippen molar-refractivity contribution in [1.29, 1.82) is 0 Å². The molecular formula is C9H7N3O2S2. The molecule has 0 saturated carbocycles. The number of hydrogen-bond acceptors (Lipinski definition) is 5. The van der Waals surface area contributed by atoms with Crippen molar-refractivity contribution in [3.63, 3.8) is 0 Å². The summed E-state index contributed by atoms with van der Waals surface area (Å²) in [6.45, 7) is 1.88. The zero-order valence-corrected chi connectivity index (χ0v) is 9.85. The van der Waals surface area contributed by atoms with Gasteiger partial charge in [0.2, 0.25) is 0 Å². The van der Waals surface area contributed by atoms with Gasteiger partial charge < -0.3 is 10.1 Å². The normalized spacial score (nSPS) is 10.3. The predicted molar refractivity (Wildman–Crippen MR) is 62.2 cm³/mol. The molecule has 0 bridgehead atoms. The number of nitrogens with zero attached hydrogens (tertiary/aromatic N) is 2. The average Bonchev–Trinajstić information content (AvgIpc) is 2.64. The monoisotopic (exact) mass is 253 g/mol. The van der Waals surface area contributed by atoms with Crippen LogP contribution >= 0.6 is 23.6 Å². The largest absolute Gasteiger partial charge is 0.478 e. The van der Waals surface area contributed by atoms with E-state index in [1.165, 1.54) is 17.5 Å². The van der Waals surface area contributed by atoms with Crippen LogP contribution in [0.5, 0.6) is 0 Å². The van der Waals surface area contributed by atoms with E-state index in [1.807, 2.05) is 12.3 Å². The number of hydrogen-bond donors (Lipinski definition) is 2. The molecular weight excluding hydrogens is 246 g/mol. The number of aryl methyl sites for hydroxylation is 1. The van der Waals surface area contributed by atoms with Crippen LogP contribution in [0.25, 0.3) is 10.8 Å². The molecule has 0 aliphatic rings. The van der Waals surface area contributed by atoms with E-state index in [1.54, 1.807) is 0 Å². The molecule has 2 aromatic rings. The fraction of sp³-hybridized carbons (Fsp3) is 0.111. The van der Waals surface area contributed by atoms with E-state index in [9.17, 15) is 4.79 Å². The number of thiazole rings is 1. The molecule has 0 amide bonds. The van der Waals surface area contributed by atoms with Gasteiger partial charge in [0, 0.05) is 17.3 Å². The average molecular weight is 253 g/mol. The van der Waals surface area contributed by atoms with Crippen LogP contribution in [0.3, 0.4) is 0 Å². The SMILES string of the molecule is Cc1csc(-c2ncc(C(=O)O)c(=S)[nH]2)n1. The summed E-state index contributed by atoms with van der Waals surface area (Å²) in [4.78, 5) is 21.7. The smallest absolute Gasteiger partial charge is 0.340 e. The van der Waals surface area contributed by atoms with E-state index in [2.05, 4.69) is 15.0 Å². The molecule has 0 saturated heterocycles. The second-order valence-corrected chi connectivity index (χ2v) is 4.34. The summed E-state index contributed by atoms with van der Waals surface area (Å²) in [5.41, 5.74) is 0.885. The molecule has 2 aromatic heterocycles. The van der Waals surface area contributed by atoms with Gasteiger partial charge in [-0.25, -0.2) is 14.8 Å². The van der Waals surface area contributed by atoms with E-state index < -0.39 is 5.97 Å². The van der Waals surface area contributed by atoms with Crippen molar-refractivity contribution in [3.05, 3.63) is 27.5 Å². The summed E-state index contributed by atoms with van der Waals surface area (Å²) in [6.07, 6.45) is 1.24. The summed E-state index contributed by atoms with van der Waals surface area (Å²) in [7, 11) is 0. The third kappa shape index (κ3) is 2.00. The fourth-order valence-electron chi connectivity index (χ4n) is 1.12. The van der Waals surface area contributed by atoms with Gasteiger partial charge in [-0.2, -0.15) is 0 Å². The molecule has 0 fully saturated rings. The number of aromatic nitrogens is 3. The Morgan fingerprint density at radius 2 is 2.38 bits per heavy atom. The van der Waals surface area contributed by atoms with Crippen LogP contribution in [-0.4, -0.2) is 26.0 Å². The molecule has 0 unspecified atom stereocenters. The molecule has 0 atom stereocenters. The van der Waals surface area contributed by atoms with Gasteiger partial charge in [0.1, 0.15) is 10.2 Å². The van der Waals surface area contributed by atoms with Crippen molar-refractivity contribution in [3.8, 4) is 10.8 Å². The molecule has 0 radical (unpaired) electrons. The molecule has 82 valence electrons. The summed E-state index contributed by atoms with van der Waals surface area (Å²) in [5.74, 6) is -0.594. The van der Waals surface area contributed by atoms with Gasteiger partial charge in [0.15, 0.2) is 10.8 Å². The van der Waals surface area contributed by atoms with Crippen LogP contribution in [0.2, 0.25) is 0 Å². The molecule has 5 nitrogen and oxygen atoms in total. The van der Waals surface area contributed by atoms with Crippen LogP contribution in [0, 0.1) is 11.6 Å². The lowest BCUT2D eigenvalue weighted by Crippen LogP contribution is -2.01. The van der Waals surface area contributed by atoms with Crippen molar-refractivity contribution < 1.29 is 9.90 Å². The van der Waals surface area contributed by atoms with Crippen molar-refractivity contribution >= 4 is 29.5 Å². The number of H-pyrrole nitrogens is 1. The van der Waals surface area contributed by atoms with E-state index in [-0.39, 0.29) is 10.2 Å². The lowest BCUT2D eigenvalue weighted by atomic mass is 10.3. The highest BCUT2D eigenvalue weighted by Gasteiger charge is 2.09. The molecule has 2 rings (SSSR count). The third-order valence-electron chi connectivity index (χ3n) is 1.85. The zero-order valence-electron chi connectivity index (χ0n) is 8.22. The van der Waals surface area contributed by atoms with Crippen molar-refractivity contribution in [2.45, 2.75) is 6.92 Å². The first kappa shape index (κ1) is 10.9. The van der Waals surface area contributed by atoms with Gasteiger partial charge in [-0.15, -0.1) is 11.3 Å². The molecule has 16 heavy (non-hydrogen) atoms. The van der Waals surface area contributed by atoms with E-state index in [4.69, 9.17) is 17.3 Å². The second-order valence-electron chi connectivity index (χ2n) is 3.07. The van der Waals surface area contributed by atoms with Crippen molar-refractivity contribution in [2.75, 3.05) is 0 Å². The van der Waals surface area contributed by atoms with E-state index in [0.717, 1.165) is 5.69 Å². The fourth-order valence-corrected chi connectivity index (χ4v) is 2.10. The summed E-state index contributed by atoms with van der Waals surface area (Å²) in [6, 6.07) is 0. The first-order valence-electron chi connectivity index (χ1n) is 4.33. The first-order valence-corrected chi connectivity index (χ1v) is 5.62. The predicted octanol–water partition coefficient (Wildman–Crippen LogP) is 2.27. The van der Waals surface area contributed by atoms with Crippen molar-refractivity contribution in [1.82, 2.24) is 15.0 Å². The standard InChI is InChI=1S/C9H7N3O2S2/c1-4-3-16-8(11-4)6-10-2-5(9(13)14)7(15)12-6/h2-3H,1H3,(H,13,14)(H,10,12,15). The van der Waals surface area contributed by atoms with Crippen LogP contribution in [0.1, 0.15) is 16.1 Å². The van der Waals surface area contributed by atoms with Gasteiger partial charge in [0.25, 0.3) is 0 Å². The Bertz CT molecular complexity index is 603. The maximum absolute atomic E-state index is 10.7. The molecule has 0 spiro atoms. The maximum atomic E-state index is 10.7. The van der Waals surface area contributed by atoms with Crippen LogP contribution < -0.4 is 0 Å². The van der Waals surface area contributed by atoms with Gasteiger partial charge >= 0.3 is 5.97 Å². The number of aromatic carboxylic acids is 1. The molecule has 0 aromatic carbocycles. The lowest BCUT2D eigenvalue weighted by Gasteiger charge is -1.98. The Labute approximate surface area is 99.8 Å². The molecule has 2 heterocycles. The molecule has 0 aliphatic heterocycles. The lowest BCUT2D eigenvalue weighted by molar-refractivity contribution is 0.0695. The number of rotatable bonds is 2. The summed E-state index contributed by atoms with van der Waals surface area (Å²) in [5, 5.41) is 11.4. The zero-order chi connectivity index (χ0) is 11.7. The minimum Gasteiger partial charge on any atom is -0.478 e. The second kappa shape index (κ2) is 4.11. The molecule has 7 heteroatoms. The van der Waals surface area contributed by atoms with Crippen LogP contribution in [0.4, 0.5) is 0 Å². The number of carbonyl (C=O) groups is 1.